The number of thiocarbonyl (C=S) groups is 1. The van der Waals surface area contributed by atoms with E-state index in [1.807, 2.05) is 24.3 Å². The Hall–Kier alpha value is -1.25. The maximum absolute atomic E-state index is 12.7. The van der Waals surface area contributed by atoms with Crippen molar-refractivity contribution in [2.45, 2.75) is 20.5 Å². The number of nitrogens with zero attached hydrogens (tertiary/aromatic N) is 1. The molecule has 2 aromatic rings. The monoisotopic (exact) mass is 559 g/mol. The smallest absolute Gasteiger partial charge is 0.266 e. The molecule has 1 aliphatic heterocycles. The number of ether oxygens (including phenoxy) is 2. The minimum atomic E-state index is -0.0727. The third-order valence-electron chi connectivity index (χ3n) is 4.36. The summed E-state index contributed by atoms with van der Waals surface area (Å²) in [5.41, 5.74) is 1.60. The van der Waals surface area contributed by atoms with E-state index >= 15 is 0 Å². The topological polar surface area (TPSA) is 38.8 Å². The third kappa shape index (κ3) is 5.96. The fourth-order valence-electron chi connectivity index (χ4n) is 2.93. The highest BCUT2D eigenvalue weighted by atomic mass is 79.9. The minimum absolute atomic E-state index is 0.0727. The Labute approximate surface area is 210 Å². The lowest BCUT2D eigenvalue weighted by Crippen LogP contribution is -2.31. The van der Waals surface area contributed by atoms with Crippen LogP contribution in [-0.4, -0.2) is 28.8 Å². The van der Waals surface area contributed by atoms with Crippen LogP contribution in [0.15, 0.2) is 39.7 Å². The molecule has 1 heterocycles. The first-order valence-electron chi connectivity index (χ1n) is 9.39. The normalized spacial score (nSPS) is 15.3. The van der Waals surface area contributed by atoms with Crippen molar-refractivity contribution in [3.8, 4) is 11.5 Å². The van der Waals surface area contributed by atoms with Crippen molar-refractivity contribution in [1.29, 1.82) is 0 Å². The number of benzene rings is 2. The van der Waals surface area contributed by atoms with Crippen LogP contribution in [0.1, 0.15) is 25.0 Å². The number of hydrogen-bond acceptors (Lipinski definition) is 5. The van der Waals surface area contributed by atoms with E-state index in [-0.39, 0.29) is 12.5 Å². The quantitative estimate of drug-likeness (QED) is 0.264. The van der Waals surface area contributed by atoms with Gasteiger partial charge in [0.2, 0.25) is 0 Å². The van der Waals surface area contributed by atoms with Crippen molar-refractivity contribution in [3.63, 3.8) is 0 Å². The molecule has 4 nitrogen and oxygen atoms in total. The second-order valence-electron chi connectivity index (χ2n) is 7.24. The van der Waals surface area contributed by atoms with Gasteiger partial charge in [-0.15, -0.1) is 0 Å². The molecule has 164 valence electrons. The van der Waals surface area contributed by atoms with Crippen molar-refractivity contribution in [2.75, 3.05) is 13.7 Å². The molecule has 9 heteroatoms. The predicted molar refractivity (Wildman–Crippen MR) is 136 cm³/mol. The molecule has 0 bridgehead atoms. The minimum Gasteiger partial charge on any atom is -0.493 e. The van der Waals surface area contributed by atoms with Gasteiger partial charge in [0.05, 0.1) is 16.5 Å². The van der Waals surface area contributed by atoms with E-state index in [0.717, 1.165) is 11.1 Å². The van der Waals surface area contributed by atoms with Crippen LogP contribution >= 0.6 is 63.1 Å². The van der Waals surface area contributed by atoms with E-state index in [1.165, 1.54) is 11.8 Å². The molecule has 0 unspecified atom stereocenters. The maximum Gasteiger partial charge on any atom is 0.266 e. The van der Waals surface area contributed by atoms with Crippen LogP contribution in [0.25, 0.3) is 6.08 Å². The van der Waals surface area contributed by atoms with Gasteiger partial charge < -0.3 is 9.47 Å². The Morgan fingerprint density at radius 2 is 2.00 bits per heavy atom. The van der Waals surface area contributed by atoms with Gasteiger partial charge >= 0.3 is 0 Å². The second-order valence-corrected chi connectivity index (χ2v) is 10.6. The highest BCUT2D eigenvalue weighted by Crippen LogP contribution is 2.40. The van der Waals surface area contributed by atoms with Crippen molar-refractivity contribution >= 4 is 79.4 Å². The van der Waals surface area contributed by atoms with E-state index in [2.05, 4.69) is 29.8 Å². The van der Waals surface area contributed by atoms with Crippen molar-refractivity contribution in [3.05, 3.63) is 60.9 Å². The van der Waals surface area contributed by atoms with Gasteiger partial charge in [-0.05, 0) is 57.8 Å². The number of thioether (sulfide) groups is 1. The van der Waals surface area contributed by atoms with Gasteiger partial charge in [-0.25, -0.2) is 0 Å². The Balaban J connectivity index is 1.83. The maximum atomic E-state index is 12.7. The van der Waals surface area contributed by atoms with Crippen LogP contribution in [0.4, 0.5) is 0 Å². The fraction of sp³-hybridized carbons (Fsp3) is 0.273. The molecule has 0 radical (unpaired) electrons. The van der Waals surface area contributed by atoms with E-state index in [0.29, 0.717) is 47.7 Å². The molecule has 31 heavy (non-hydrogen) atoms. The lowest BCUT2D eigenvalue weighted by Gasteiger charge is -2.16. The number of halogens is 3. The molecule has 1 fully saturated rings. The average molecular weight is 561 g/mol. The summed E-state index contributed by atoms with van der Waals surface area (Å²) in [6.07, 6.45) is 1.81. The zero-order chi connectivity index (χ0) is 22.7. The molecule has 0 aromatic heterocycles. The van der Waals surface area contributed by atoms with Crippen LogP contribution in [-0.2, 0) is 11.4 Å². The van der Waals surface area contributed by atoms with Gasteiger partial charge in [0.15, 0.2) is 11.5 Å². The summed E-state index contributed by atoms with van der Waals surface area (Å²) in [7, 11) is 1.57. The number of amides is 1. The average Bonchev–Trinajstić information content (AvgIpc) is 2.95. The Bertz CT molecular complexity index is 1060. The van der Waals surface area contributed by atoms with E-state index in [1.54, 1.807) is 24.1 Å². The lowest BCUT2D eigenvalue weighted by molar-refractivity contribution is -0.122. The highest BCUT2D eigenvalue weighted by molar-refractivity contribution is 9.10. The largest absolute Gasteiger partial charge is 0.493 e. The van der Waals surface area contributed by atoms with E-state index in [9.17, 15) is 4.79 Å². The van der Waals surface area contributed by atoms with Gasteiger partial charge in [0.25, 0.3) is 5.91 Å². The zero-order valence-electron chi connectivity index (χ0n) is 17.1. The number of rotatable bonds is 7. The molecule has 0 atom stereocenters. The summed E-state index contributed by atoms with van der Waals surface area (Å²) >= 11 is 22.4. The molecule has 1 aliphatic rings. The van der Waals surface area contributed by atoms with Gasteiger partial charge in [0.1, 0.15) is 10.9 Å². The molecule has 2 aromatic carbocycles. The van der Waals surface area contributed by atoms with Crippen LogP contribution in [0.2, 0.25) is 10.0 Å². The molecule has 1 saturated heterocycles. The first-order valence-corrected chi connectivity index (χ1v) is 12.2. The predicted octanol–water partition coefficient (Wildman–Crippen LogP) is 7.20. The third-order valence-corrected chi connectivity index (χ3v) is 6.91. The van der Waals surface area contributed by atoms with Crippen LogP contribution in [0.5, 0.6) is 11.5 Å². The SMILES string of the molecule is COc1cc(/C=C2\SC(=S)N(CC(C)C)C2=O)cc(Br)c1OCc1ccc(Cl)cc1Cl. The molecule has 0 spiro atoms. The Morgan fingerprint density at radius 1 is 1.26 bits per heavy atom. The molecule has 0 saturated carbocycles. The Morgan fingerprint density at radius 3 is 2.65 bits per heavy atom. The fourth-order valence-corrected chi connectivity index (χ4v) is 5.24. The van der Waals surface area contributed by atoms with Gasteiger partial charge in [-0.1, -0.05) is 67.1 Å². The number of methoxy groups -OCH3 is 1. The van der Waals surface area contributed by atoms with Crippen LogP contribution in [0, 0.1) is 5.92 Å². The number of carbonyl (C=O) groups excluding carboxylic acids is 1. The zero-order valence-corrected chi connectivity index (χ0v) is 21.8. The molecule has 3 rings (SSSR count). The summed E-state index contributed by atoms with van der Waals surface area (Å²) in [5, 5.41) is 1.10. The molecule has 0 N–H and O–H groups in total. The van der Waals surface area contributed by atoms with Crippen LogP contribution in [0.3, 0.4) is 0 Å². The van der Waals surface area contributed by atoms with Gasteiger partial charge in [-0.3, -0.25) is 9.69 Å². The first kappa shape index (κ1) is 24.4. The van der Waals surface area contributed by atoms with Crippen molar-refractivity contribution in [1.82, 2.24) is 4.90 Å². The van der Waals surface area contributed by atoms with Crippen LogP contribution < -0.4 is 9.47 Å². The van der Waals surface area contributed by atoms with Crippen molar-refractivity contribution in [2.24, 2.45) is 5.92 Å². The van der Waals surface area contributed by atoms with Gasteiger partial charge in [-0.2, -0.15) is 0 Å². The van der Waals surface area contributed by atoms with E-state index < -0.39 is 0 Å². The summed E-state index contributed by atoms with van der Waals surface area (Å²) < 4.78 is 12.8. The molecular formula is C22H20BrCl2NO3S2. The highest BCUT2D eigenvalue weighted by Gasteiger charge is 2.32. The second kappa shape index (κ2) is 10.6. The van der Waals surface area contributed by atoms with Crippen molar-refractivity contribution < 1.29 is 14.3 Å². The Kier molecular flexibility index (Phi) is 8.32. The first-order chi connectivity index (χ1) is 14.7. The number of hydrogen-bond donors (Lipinski definition) is 0. The summed E-state index contributed by atoms with van der Waals surface area (Å²) in [6, 6.07) is 8.94. The van der Waals surface area contributed by atoms with E-state index in [4.69, 9.17) is 44.9 Å². The summed E-state index contributed by atoms with van der Waals surface area (Å²) in [5.74, 6) is 1.33. The molecule has 0 aliphatic carbocycles. The lowest BCUT2D eigenvalue weighted by atomic mass is 10.1. The summed E-state index contributed by atoms with van der Waals surface area (Å²) in [4.78, 5) is 15.0. The summed E-state index contributed by atoms with van der Waals surface area (Å²) in [6.45, 7) is 4.97. The standard InChI is InChI=1S/C22H20BrCl2NO3S2/c1-12(2)10-26-21(27)19(31-22(26)30)8-13-6-16(23)20(18(7-13)28-3)29-11-14-4-5-15(24)9-17(14)25/h4-9,12H,10-11H2,1-3H3/b19-8-. The number of carbonyl (C=O) groups is 1. The molecular weight excluding hydrogens is 541 g/mol. The van der Waals surface area contributed by atoms with Gasteiger partial charge in [0, 0.05) is 22.2 Å². The molecule has 1 amide bonds.